The van der Waals surface area contributed by atoms with Gasteiger partial charge in [-0.1, -0.05) is 43.0 Å². The molecule has 1 N–H and O–H groups in total. The van der Waals surface area contributed by atoms with Crippen molar-refractivity contribution in [2.75, 3.05) is 7.05 Å². The fourth-order valence-electron chi connectivity index (χ4n) is 3.57. The molecule has 0 heterocycles. The lowest BCUT2D eigenvalue weighted by atomic mass is 9.74. The molecule has 0 radical (unpaired) electrons. The summed E-state index contributed by atoms with van der Waals surface area (Å²) in [6.45, 7) is 2.31. The molecule has 106 valence electrons. The van der Waals surface area contributed by atoms with Crippen LogP contribution in [-0.4, -0.2) is 13.1 Å². The lowest BCUT2D eigenvalue weighted by Gasteiger charge is -2.37. The average molecular weight is 300 g/mol. The zero-order valence-corrected chi connectivity index (χ0v) is 13.3. The largest absolute Gasteiger partial charge is 0.316 e. The van der Waals surface area contributed by atoms with Gasteiger partial charge in [-0.2, -0.15) is 0 Å². The third kappa shape index (κ3) is 3.26. The monoisotopic (exact) mass is 299 g/mol. The van der Waals surface area contributed by atoms with Crippen LogP contribution >= 0.6 is 23.2 Å². The van der Waals surface area contributed by atoms with Crippen molar-refractivity contribution < 1.29 is 0 Å². The van der Waals surface area contributed by atoms with E-state index < -0.39 is 0 Å². The molecular weight excluding hydrogens is 277 g/mol. The van der Waals surface area contributed by atoms with Crippen molar-refractivity contribution in [2.24, 2.45) is 5.41 Å². The van der Waals surface area contributed by atoms with Gasteiger partial charge in [0.2, 0.25) is 0 Å². The van der Waals surface area contributed by atoms with Crippen LogP contribution in [0.5, 0.6) is 0 Å². The van der Waals surface area contributed by atoms with Crippen LogP contribution in [0.2, 0.25) is 10.0 Å². The zero-order valence-electron chi connectivity index (χ0n) is 11.8. The van der Waals surface area contributed by atoms with Crippen LogP contribution in [0.4, 0.5) is 0 Å². The predicted octanol–water partition coefficient (Wildman–Crippen LogP) is 5.09. The zero-order chi connectivity index (χ0) is 13.9. The average Bonchev–Trinajstić information content (AvgIpc) is 2.89. The van der Waals surface area contributed by atoms with Crippen LogP contribution in [0.25, 0.3) is 0 Å². The van der Waals surface area contributed by atoms with Gasteiger partial charge >= 0.3 is 0 Å². The summed E-state index contributed by atoms with van der Waals surface area (Å²) in [5.41, 5.74) is 1.59. The van der Waals surface area contributed by atoms with E-state index in [0.29, 0.717) is 11.5 Å². The van der Waals surface area contributed by atoms with Gasteiger partial charge in [0.1, 0.15) is 0 Å². The molecule has 0 amide bonds. The Balaban J connectivity index is 2.21. The van der Waals surface area contributed by atoms with E-state index in [1.54, 1.807) is 0 Å². The summed E-state index contributed by atoms with van der Waals surface area (Å²) in [5, 5.41) is 5.13. The van der Waals surface area contributed by atoms with Crippen molar-refractivity contribution >= 4 is 23.2 Å². The lowest BCUT2D eigenvalue weighted by molar-refractivity contribution is 0.192. The highest BCUT2D eigenvalue weighted by molar-refractivity contribution is 6.33. The second-order valence-electron chi connectivity index (χ2n) is 5.70. The molecule has 2 rings (SSSR count). The number of halogens is 2. The van der Waals surface area contributed by atoms with Gasteiger partial charge in [-0.25, -0.2) is 0 Å². The Morgan fingerprint density at radius 1 is 1.26 bits per heavy atom. The molecule has 1 aliphatic rings. The molecule has 1 unspecified atom stereocenters. The molecule has 0 bridgehead atoms. The van der Waals surface area contributed by atoms with Gasteiger partial charge in [0.25, 0.3) is 0 Å². The topological polar surface area (TPSA) is 12.0 Å². The molecule has 3 heteroatoms. The van der Waals surface area contributed by atoms with Crippen molar-refractivity contribution in [3.63, 3.8) is 0 Å². The number of likely N-dealkylation sites (N-methyl/N-ethyl adjacent to an activating group) is 1. The first-order chi connectivity index (χ1) is 9.11. The summed E-state index contributed by atoms with van der Waals surface area (Å²) < 4.78 is 0. The highest BCUT2D eigenvalue weighted by Gasteiger charge is 2.39. The van der Waals surface area contributed by atoms with Gasteiger partial charge < -0.3 is 5.32 Å². The quantitative estimate of drug-likeness (QED) is 0.798. The second-order valence-corrected chi connectivity index (χ2v) is 6.55. The maximum Gasteiger partial charge on any atom is 0.0439 e. The highest BCUT2D eigenvalue weighted by Crippen LogP contribution is 2.45. The van der Waals surface area contributed by atoms with E-state index in [4.69, 9.17) is 23.2 Å². The minimum atomic E-state index is 0.431. The molecule has 0 aromatic heterocycles. The van der Waals surface area contributed by atoms with Gasteiger partial charge in [-0.3, -0.25) is 0 Å². The smallest absolute Gasteiger partial charge is 0.0439 e. The number of nitrogens with one attached hydrogen (secondary N) is 1. The minimum absolute atomic E-state index is 0.431. The van der Waals surface area contributed by atoms with Crippen molar-refractivity contribution in [3.8, 4) is 0 Å². The summed E-state index contributed by atoms with van der Waals surface area (Å²) in [6, 6.07) is 6.24. The molecule has 1 saturated carbocycles. The molecule has 19 heavy (non-hydrogen) atoms. The van der Waals surface area contributed by atoms with Crippen LogP contribution in [-0.2, 0) is 6.42 Å². The summed E-state index contributed by atoms with van der Waals surface area (Å²) in [7, 11) is 2.07. The molecule has 1 nitrogen and oxygen atoms in total. The number of hydrogen-bond acceptors (Lipinski definition) is 1. The molecule has 1 aromatic rings. The lowest BCUT2D eigenvalue weighted by Crippen LogP contribution is -2.43. The van der Waals surface area contributed by atoms with E-state index in [-0.39, 0.29) is 0 Å². The van der Waals surface area contributed by atoms with Crippen molar-refractivity contribution in [1.82, 2.24) is 5.32 Å². The first-order valence-corrected chi connectivity index (χ1v) is 7.98. The fraction of sp³-hybridized carbons (Fsp3) is 0.625. The Hall–Kier alpha value is -0.240. The molecule has 0 aliphatic heterocycles. The summed E-state index contributed by atoms with van der Waals surface area (Å²) in [5.74, 6) is 0. The van der Waals surface area contributed by atoms with Crippen LogP contribution in [0, 0.1) is 5.41 Å². The van der Waals surface area contributed by atoms with Crippen molar-refractivity contribution in [2.45, 2.75) is 51.5 Å². The van der Waals surface area contributed by atoms with Crippen LogP contribution in [0.1, 0.15) is 44.6 Å². The predicted molar refractivity (Wildman–Crippen MR) is 84.2 cm³/mol. The van der Waals surface area contributed by atoms with E-state index in [1.807, 2.05) is 18.2 Å². The fourth-order valence-corrected chi connectivity index (χ4v) is 3.96. The third-order valence-corrected chi connectivity index (χ3v) is 5.43. The molecule has 1 aromatic carbocycles. The summed E-state index contributed by atoms with van der Waals surface area (Å²) in [6.07, 6.45) is 7.56. The van der Waals surface area contributed by atoms with Gasteiger partial charge in [0.15, 0.2) is 0 Å². The normalized spacial score (nSPS) is 19.6. The van der Waals surface area contributed by atoms with Crippen LogP contribution in [0.3, 0.4) is 0 Å². The first-order valence-electron chi connectivity index (χ1n) is 7.22. The molecule has 0 spiro atoms. The number of benzene rings is 1. The van der Waals surface area contributed by atoms with Crippen LogP contribution in [0.15, 0.2) is 18.2 Å². The van der Waals surface area contributed by atoms with Gasteiger partial charge in [0, 0.05) is 16.1 Å². The van der Waals surface area contributed by atoms with Crippen molar-refractivity contribution in [1.29, 1.82) is 0 Å². The number of rotatable bonds is 5. The Labute approximate surface area is 126 Å². The Morgan fingerprint density at radius 3 is 2.53 bits per heavy atom. The Morgan fingerprint density at radius 2 is 1.95 bits per heavy atom. The maximum absolute atomic E-state index is 6.31. The van der Waals surface area contributed by atoms with Crippen LogP contribution < -0.4 is 5.32 Å². The second kappa shape index (κ2) is 6.47. The third-order valence-electron chi connectivity index (χ3n) is 4.82. The van der Waals surface area contributed by atoms with E-state index in [2.05, 4.69) is 19.3 Å². The standard InChI is InChI=1S/C16H23Cl2N/c1-3-16(8-4-5-9-16)15(19-2)11-12-10-13(17)6-7-14(12)18/h6-7,10,15,19H,3-5,8-9,11H2,1-2H3. The Bertz CT molecular complexity index is 425. The molecule has 1 aliphatic carbocycles. The Kier molecular flexibility index (Phi) is 5.16. The van der Waals surface area contributed by atoms with E-state index in [1.165, 1.54) is 32.1 Å². The minimum Gasteiger partial charge on any atom is -0.316 e. The summed E-state index contributed by atoms with van der Waals surface area (Å²) in [4.78, 5) is 0. The maximum atomic E-state index is 6.31. The first kappa shape index (κ1) is 15.2. The van der Waals surface area contributed by atoms with Crippen molar-refractivity contribution in [3.05, 3.63) is 33.8 Å². The summed E-state index contributed by atoms with van der Waals surface area (Å²) >= 11 is 12.4. The molecule has 0 saturated heterocycles. The number of hydrogen-bond donors (Lipinski definition) is 1. The molecular formula is C16H23Cl2N. The molecule has 1 atom stereocenters. The molecule has 1 fully saturated rings. The highest BCUT2D eigenvalue weighted by atomic mass is 35.5. The van der Waals surface area contributed by atoms with Gasteiger partial charge in [0.05, 0.1) is 0 Å². The van der Waals surface area contributed by atoms with E-state index in [0.717, 1.165) is 22.0 Å². The SMILES string of the molecule is CCC1(C(Cc2cc(Cl)ccc2Cl)NC)CCCC1. The van der Waals surface area contributed by atoms with E-state index >= 15 is 0 Å². The van der Waals surface area contributed by atoms with E-state index in [9.17, 15) is 0 Å². The van der Waals surface area contributed by atoms with Gasteiger partial charge in [-0.05, 0) is 61.9 Å². The van der Waals surface area contributed by atoms with Gasteiger partial charge in [-0.15, -0.1) is 0 Å².